The third-order valence-electron chi connectivity index (χ3n) is 4.01. The fourth-order valence-electron chi connectivity index (χ4n) is 2.87. The summed E-state index contributed by atoms with van der Waals surface area (Å²) in [4.78, 5) is 28.2. The minimum absolute atomic E-state index is 0.0122. The van der Waals surface area contributed by atoms with Crippen LogP contribution in [0.25, 0.3) is 0 Å². The number of pyridine rings is 1. The zero-order chi connectivity index (χ0) is 18.9. The highest BCUT2D eigenvalue weighted by atomic mass is 35.5. The lowest BCUT2D eigenvalue weighted by Crippen LogP contribution is -2.31. The molecule has 1 fully saturated rings. The van der Waals surface area contributed by atoms with Gasteiger partial charge in [0.1, 0.15) is 5.82 Å². The number of ether oxygens (including phenoxy) is 1. The van der Waals surface area contributed by atoms with Crippen molar-refractivity contribution in [2.45, 2.75) is 12.6 Å². The van der Waals surface area contributed by atoms with Gasteiger partial charge in [0, 0.05) is 37.8 Å². The Kier molecular flexibility index (Phi) is 7.69. The first-order valence-electron chi connectivity index (χ1n) is 7.99. The fraction of sp³-hybridized carbons (Fsp3) is 0.333. The fourth-order valence-corrected chi connectivity index (χ4v) is 2.99. The zero-order valence-corrected chi connectivity index (χ0v) is 14.6. The van der Waals surface area contributed by atoms with Crippen molar-refractivity contribution in [1.29, 1.82) is 0 Å². The van der Waals surface area contributed by atoms with Gasteiger partial charge in [-0.15, -0.1) is 0 Å². The van der Waals surface area contributed by atoms with E-state index in [2.05, 4.69) is 5.32 Å². The van der Waals surface area contributed by atoms with Crippen molar-refractivity contribution in [3.05, 3.63) is 69.4 Å². The summed E-state index contributed by atoms with van der Waals surface area (Å²) in [6, 6.07) is 9.80. The monoisotopic (exact) mass is 380 g/mol. The number of hydrogen-bond donors (Lipinski definition) is 1. The van der Waals surface area contributed by atoms with Crippen LogP contribution >= 0.6 is 11.6 Å². The molecular weight excluding hydrogens is 363 g/mol. The van der Waals surface area contributed by atoms with Gasteiger partial charge in [-0.3, -0.25) is 4.79 Å². The standard InChI is InChI=1S/C17H18ClFN2O2.CO2/c18-14-5-4-12(9-15(14)19)17-13(10-20-6-8-23-17)11-21-7-2-1-3-16(21)22;2-1-3/h1-5,7,9,13,17,20H,6,8,10-11H2;/t13-,17-;/m0./s1. The molecule has 1 aliphatic heterocycles. The highest BCUT2D eigenvalue weighted by Crippen LogP contribution is 2.30. The first kappa shape index (κ1) is 20.0. The van der Waals surface area contributed by atoms with Gasteiger partial charge >= 0.3 is 6.15 Å². The smallest absolute Gasteiger partial charge is 0.372 e. The molecule has 1 aromatic carbocycles. The van der Waals surface area contributed by atoms with Gasteiger partial charge in [0.25, 0.3) is 5.56 Å². The van der Waals surface area contributed by atoms with E-state index in [0.29, 0.717) is 19.7 Å². The van der Waals surface area contributed by atoms with E-state index < -0.39 is 5.82 Å². The Balaban J connectivity index is 0.000000758. The van der Waals surface area contributed by atoms with Crippen molar-refractivity contribution >= 4 is 17.8 Å². The molecule has 0 bridgehead atoms. The van der Waals surface area contributed by atoms with E-state index in [1.807, 2.05) is 6.07 Å². The van der Waals surface area contributed by atoms with Gasteiger partial charge in [0.15, 0.2) is 0 Å². The second-order valence-electron chi connectivity index (χ2n) is 5.70. The van der Waals surface area contributed by atoms with Crippen LogP contribution in [0.3, 0.4) is 0 Å². The molecule has 6 nitrogen and oxygen atoms in total. The Labute approximate surface area is 154 Å². The molecule has 2 aromatic rings. The molecule has 138 valence electrons. The molecule has 1 aromatic heterocycles. The number of hydrogen-bond acceptors (Lipinski definition) is 5. The third kappa shape index (κ3) is 5.34. The van der Waals surface area contributed by atoms with Crippen molar-refractivity contribution in [3.63, 3.8) is 0 Å². The van der Waals surface area contributed by atoms with Crippen molar-refractivity contribution in [2.75, 3.05) is 19.7 Å². The van der Waals surface area contributed by atoms with Crippen LogP contribution in [-0.4, -0.2) is 30.4 Å². The number of nitrogens with one attached hydrogen (secondary N) is 1. The summed E-state index contributed by atoms with van der Waals surface area (Å²) in [7, 11) is 0. The second-order valence-corrected chi connectivity index (χ2v) is 6.11. The number of carbonyl (C=O) groups excluding carboxylic acids is 2. The van der Waals surface area contributed by atoms with E-state index in [-0.39, 0.29) is 28.8 Å². The van der Waals surface area contributed by atoms with Gasteiger partial charge in [-0.2, -0.15) is 9.59 Å². The van der Waals surface area contributed by atoms with Crippen LogP contribution in [0.1, 0.15) is 11.7 Å². The summed E-state index contributed by atoms with van der Waals surface area (Å²) >= 11 is 5.77. The minimum atomic E-state index is -0.458. The molecule has 0 unspecified atom stereocenters. The van der Waals surface area contributed by atoms with Crippen LogP contribution in [0.4, 0.5) is 4.39 Å². The summed E-state index contributed by atoms with van der Waals surface area (Å²) in [6.45, 7) is 2.46. The normalized spacial score (nSPS) is 19.6. The Morgan fingerprint density at radius 1 is 1.31 bits per heavy atom. The molecule has 1 N–H and O–H groups in total. The number of halogens is 2. The number of nitrogens with zero attached hydrogens (tertiary/aromatic N) is 1. The van der Waals surface area contributed by atoms with E-state index in [1.54, 1.807) is 29.0 Å². The van der Waals surface area contributed by atoms with Crippen molar-refractivity contribution in [2.24, 2.45) is 5.92 Å². The molecule has 26 heavy (non-hydrogen) atoms. The lowest BCUT2D eigenvalue weighted by atomic mass is 9.95. The molecule has 0 radical (unpaired) electrons. The molecule has 2 heterocycles. The van der Waals surface area contributed by atoms with Crippen molar-refractivity contribution < 1.29 is 18.7 Å². The topological polar surface area (TPSA) is 77.4 Å². The molecule has 1 aliphatic rings. The molecule has 1 saturated heterocycles. The quantitative estimate of drug-likeness (QED) is 0.881. The molecule has 0 saturated carbocycles. The lowest BCUT2D eigenvalue weighted by molar-refractivity contribution is -0.191. The molecule has 0 spiro atoms. The number of benzene rings is 1. The van der Waals surface area contributed by atoms with Gasteiger partial charge in [-0.1, -0.05) is 23.7 Å². The summed E-state index contributed by atoms with van der Waals surface area (Å²) in [5.74, 6) is -0.446. The van der Waals surface area contributed by atoms with Gasteiger partial charge in [-0.05, 0) is 23.8 Å². The van der Waals surface area contributed by atoms with Crippen LogP contribution < -0.4 is 10.9 Å². The molecule has 0 amide bonds. The largest absolute Gasteiger partial charge is 0.373 e. The summed E-state index contributed by atoms with van der Waals surface area (Å²) in [5, 5.41) is 3.40. The SMILES string of the molecule is O=C=O.O=c1ccccn1C[C@@H]1CNCCO[C@H]1c1ccc(Cl)c(F)c1. The Bertz CT molecular complexity index is 821. The first-order chi connectivity index (χ1) is 12.6. The summed E-state index contributed by atoms with van der Waals surface area (Å²) < 4.78 is 21.4. The Morgan fingerprint density at radius 3 is 2.77 bits per heavy atom. The van der Waals surface area contributed by atoms with E-state index in [9.17, 15) is 9.18 Å². The van der Waals surface area contributed by atoms with Gasteiger partial charge in [-0.25, -0.2) is 4.39 Å². The third-order valence-corrected chi connectivity index (χ3v) is 4.32. The van der Waals surface area contributed by atoms with Crippen LogP contribution in [0, 0.1) is 11.7 Å². The maximum atomic E-state index is 13.8. The van der Waals surface area contributed by atoms with E-state index in [1.165, 1.54) is 12.1 Å². The van der Waals surface area contributed by atoms with Crippen LogP contribution in [0.2, 0.25) is 5.02 Å². The minimum Gasteiger partial charge on any atom is -0.372 e. The first-order valence-corrected chi connectivity index (χ1v) is 8.36. The van der Waals surface area contributed by atoms with Crippen molar-refractivity contribution in [3.8, 4) is 0 Å². The Morgan fingerprint density at radius 2 is 2.08 bits per heavy atom. The van der Waals surface area contributed by atoms with Crippen LogP contribution in [-0.2, 0) is 20.9 Å². The number of aromatic nitrogens is 1. The molecule has 2 atom stereocenters. The Hall–Kier alpha value is -2.31. The molecule has 3 rings (SSSR count). The second kappa shape index (κ2) is 9.99. The highest BCUT2D eigenvalue weighted by molar-refractivity contribution is 6.30. The van der Waals surface area contributed by atoms with Gasteiger partial charge in [0.05, 0.1) is 17.7 Å². The van der Waals surface area contributed by atoms with Gasteiger partial charge < -0.3 is 14.6 Å². The van der Waals surface area contributed by atoms with E-state index >= 15 is 0 Å². The van der Waals surface area contributed by atoms with Gasteiger partial charge in [0.2, 0.25) is 0 Å². The van der Waals surface area contributed by atoms with Crippen LogP contribution in [0.5, 0.6) is 0 Å². The molecule has 0 aliphatic carbocycles. The maximum absolute atomic E-state index is 13.8. The summed E-state index contributed by atoms with van der Waals surface area (Å²) in [5.41, 5.74) is 0.683. The predicted molar refractivity (Wildman–Crippen MR) is 92.2 cm³/mol. The lowest BCUT2D eigenvalue weighted by Gasteiger charge is -2.26. The van der Waals surface area contributed by atoms with E-state index in [4.69, 9.17) is 25.9 Å². The zero-order valence-electron chi connectivity index (χ0n) is 13.9. The summed E-state index contributed by atoms with van der Waals surface area (Å²) in [6.07, 6.45) is 1.72. The average Bonchev–Trinajstić information content (AvgIpc) is 2.86. The number of rotatable bonds is 3. The molecular formula is C18H18ClFN2O4. The molecule has 8 heteroatoms. The predicted octanol–water partition coefficient (Wildman–Crippen LogP) is 2.03. The average molecular weight is 381 g/mol. The van der Waals surface area contributed by atoms with Crippen molar-refractivity contribution in [1.82, 2.24) is 9.88 Å². The maximum Gasteiger partial charge on any atom is 0.373 e. The van der Waals surface area contributed by atoms with E-state index in [0.717, 1.165) is 12.1 Å². The van der Waals surface area contributed by atoms with Crippen LogP contribution in [0.15, 0.2) is 47.4 Å². The highest BCUT2D eigenvalue weighted by Gasteiger charge is 2.27.